The molecule has 2 rings (SSSR count). The van der Waals surface area contributed by atoms with Crippen LogP contribution in [0.4, 0.5) is 0 Å². The maximum Gasteiger partial charge on any atom is 0.217 e. The molecule has 0 aromatic heterocycles. The van der Waals surface area contributed by atoms with Crippen LogP contribution >= 0.6 is 0 Å². The highest BCUT2D eigenvalue weighted by Gasteiger charge is 2.44. The summed E-state index contributed by atoms with van der Waals surface area (Å²) in [6.45, 7) is 10.5. The van der Waals surface area contributed by atoms with Gasteiger partial charge in [0.05, 0.1) is 25.9 Å². The second kappa shape index (κ2) is 37.8. The SMILES string of the molecule is C=C/C=C(\C=C)C(=O)c1cccc(COCCCCCCCCCCCC(N)=O)c1.CCCCCCCCCCCCCCC[C@@H](O)CCOC1OC(CO)C(O)C(O)C1O. The number of unbranched alkanes of at least 4 members (excludes halogenated alkanes) is 20. The molecule has 1 aliphatic heterocycles. The number of hydrogen-bond donors (Lipinski definition) is 6. The van der Waals surface area contributed by atoms with E-state index in [1.807, 2.05) is 24.3 Å². The molecule has 0 radical (unpaired) electrons. The minimum absolute atomic E-state index is 0.0559. The molecule has 1 aromatic carbocycles. The van der Waals surface area contributed by atoms with E-state index in [1.165, 1.54) is 109 Å². The Hall–Kier alpha value is -2.74. The van der Waals surface area contributed by atoms with E-state index in [4.69, 9.17) is 19.9 Å². The van der Waals surface area contributed by atoms with E-state index in [0.29, 0.717) is 30.6 Å². The molecule has 1 saturated heterocycles. The van der Waals surface area contributed by atoms with Crippen LogP contribution < -0.4 is 5.73 Å². The molecular formula is C50H85NO10. The fourth-order valence-electron chi connectivity index (χ4n) is 7.33. The largest absolute Gasteiger partial charge is 0.394 e. The Kier molecular flexibility index (Phi) is 34.9. The number of aliphatic hydroxyl groups is 5. The van der Waals surface area contributed by atoms with Gasteiger partial charge in [0, 0.05) is 24.2 Å². The van der Waals surface area contributed by atoms with E-state index >= 15 is 0 Å². The highest BCUT2D eigenvalue weighted by atomic mass is 16.7. The van der Waals surface area contributed by atoms with Crippen molar-refractivity contribution in [2.45, 2.75) is 211 Å². The summed E-state index contributed by atoms with van der Waals surface area (Å²) in [5.74, 6) is -0.250. The summed E-state index contributed by atoms with van der Waals surface area (Å²) in [6.07, 6.45) is 26.9. The molecule has 5 unspecified atom stereocenters. The Labute approximate surface area is 368 Å². The van der Waals surface area contributed by atoms with Crippen molar-refractivity contribution in [3.63, 3.8) is 0 Å². The lowest BCUT2D eigenvalue weighted by molar-refractivity contribution is -0.301. The maximum absolute atomic E-state index is 12.5. The third-order valence-electron chi connectivity index (χ3n) is 11.2. The van der Waals surface area contributed by atoms with Crippen LogP contribution in [0.25, 0.3) is 0 Å². The quantitative estimate of drug-likeness (QED) is 0.0163. The van der Waals surface area contributed by atoms with E-state index in [0.717, 1.165) is 50.7 Å². The van der Waals surface area contributed by atoms with Gasteiger partial charge >= 0.3 is 0 Å². The summed E-state index contributed by atoms with van der Waals surface area (Å²) in [6, 6.07) is 7.55. The summed E-state index contributed by atoms with van der Waals surface area (Å²) in [7, 11) is 0. The Balaban J connectivity index is 0.000000610. The van der Waals surface area contributed by atoms with Gasteiger partial charge in [-0.3, -0.25) is 9.59 Å². The average Bonchev–Trinajstić information content (AvgIpc) is 3.26. The number of carbonyl (C=O) groups is 2. The van der Waals surface area contributed by atoms with Crippen molar-refractivity contribution < 1.29 is 49.3 Å². The van der Waals surface area contributed by atoms with Crippen molar-refractivity contribution in [1.82, 2.24) is 0 Å². The first-order valence-corrected chi connectivity index (χ1v) is 23.6. The summed E-state index contributed by atoms with van der Waals surface area (Å²) in [4.78, 5) is 23.1. The van der Waals surface area contributed by atoms with Gasteiger partial charge in [0.1, 0.15) is 24.4 Å². The van der Waals surface area contributed by atoms with Crippen LogP contribution in [0, 0.1) is 0 Å². The highest BCUT2D eigenvalue weighted by molar-refractivity contribution is 6.10. The summed E-state index contributed by atoms with van der Waals surface area (Å²) < 4.78 is 16.5. The van der Waals surface area contributed by atoms with Crippen LogP contribution in [0.2, 0.25) is 0 Å². The van der Waals surface area contributed by atoms with Gasteiger partial charge in [-0.1, -0.05) is 185 Å². The molecule has 61 heavy (non-hydrogen) atoms. The van der Waals surface area contributed by atoms with Crippen molar-refractivity contribution in [2.75, 3.05) is 19.8 Å². The van der Waals surface area contributed by atoms with Gasteiger partial charge in [-0.25, -0.2) is 0 Å². The Morgan fingerprint density at radius 1 is 0.754 bits per heavy atom. The van der Waals surface area contributed by atoms with Gasteiger partial charge in [-0.2, -0.15) is 0 Å². The number of hydrogen-bond acceptors (Lipinski definition) is 10. The smallest absolute Gasteiger partial charge is 0.217 e. The molecule has 11 nitrogen and oxygen atoms in total. The Morgan fingerprint density at radius 3 is 1.85 bits per heavy atom. The topological polar surface area (TPSA) is 189 Å². The number of ketones is 1. The molecule has 0 bridgehead atoms. The van der Waals surface area contributed by atoms with E-state index in [2.05, 4.69) is 20.1 Å². The van der Waals surface area contributed by atoms with E-state index in [1.54, 1.807) is 18.2 Å². The van der Waals surface area contributed by atoms with Gasteiger partial charge < -0.3 is 45.5 Å². The molecule has 1 fully saturated rings. The number of carbonyl (C=O) groups excluding carboxylic acids is 2. The molecule has 1 amide bonds. The number of allylic oxidation sites excluding steroid dienone is 4. The average molecular weight is 860 g/mol. The van der Waals surface area contributed by atoms with Gasteiger partial charge in [-0.15, -0.1) is 0 Å². The molecule has 1 aliphatic rings. The predicted molar refractivity (Wildman–Crippen MR) is 245 cm³/mol. The van der Waals surface area contributed by atoms with Crippen LogP contribution in [0.3, 0.4) is 0 Å². The third-order valence-corrected chi connectivity index (χ3v) is 11.2. The molecule has 0 aliphatic carbocycles. The zero-order valence-corrected chi connectivity index (χ0v) is 37.8. The van der Waals surface area contributed by atoms with E-state index in [-0.39, 0.29) is 18.3 Å². The lowest BCUT2D eigenvalue weighted by atomic mass is 9.99. The first-order chi connectivity index (χ1) is 29.6. The standard InChI is InChI=1S/C26H37NO3.C24H48O7/c1-3-15-23(4-2)26(29)24-17-14-16-22(20-24)21-30-19-13-11-9-7-5-6-8-10-12-18-25(27)28;1-2-3-4-5-6-7-8-9-10-11-12-13-14-15-19(26)16-17-30-24-23(29)22(28)21(27)20(18-25)31-24/h3-4,14-17,20H,1-2,5-13,18-19,21H2,(H2,27,28);19-29H,2-18H2,1H3/b23-15+;/t;19-,20?,21?,22?,23?,24?/m.1/s1. The zero-order chi connectivity index (χ0) is 44.9. The number of benzene rings is 1. The third kappa shape index (κ3) is 27.8. The van der Waals surface area contributed by atoms with Gasteiger partial charge in [0.15, 0.2) is 12.1 Å². The fraction of sp³-hybridized carbons (Fsp3) is 0.720. The first kappa shape index (κ1) is 56.3. The second-order valence-corrected chi connectivity index (χ2v) is 16.6. The first-order valence-electron chi connectivity index (χ1n) is 23.6. The highest BCUT2D eigenvalue weighted by Crippen LogP contribution is 2.23. The molecular weight excluding hydrogens is 775 g/mol. The minimum Gasteiger partial charge on any atom is -0.394 e. The van der Waals surface area contributed by atoms with Gasteiger partial charge in [-0.05, 0) is 37.3 Å². The molecule has 1 heterocycles. The molecule has 11 heteroatoms. The van der Waals surface area contributed by atoms with Gasteiger partial charge in [0.2, 0.25) is 5.91 Å². The molecule has 0 saturated carbocycles. The van der Waals surface area contributed by atoms with Crippen molar-refractivity contribution >= 4 is 11.7 Å². The summed E-state index contributed by atoms with van der Waals surface area (Å²) in [5, 5.41) is 48.7. The fourth-order valence-corrected chi connectivity index (χ4v) is 7.33. The number of Topliss-reactive ketones (excluding diaryl/α,β-unsaturated/α-hetero) is 1. The maximum atomic E-state index is 12.5. The second-order valence-electron chi connectivity index (χ2n) is 16.6. The number of amides is 1. The number of nitrogens with two attached hydrogens (primary N) is 1. The van der Waals surface area contributed by atoms with Crippen LogP contribution in [0.1, 0.15) is 183 Å². The monoisotopic (exact) mass is 860 g/mol. The molecule has 7 N–H and O–H groups in total. The lowest BCUT2D eigenvalue weighted by Gasteiger charge is -2.39. The molecule has 350 valence electrons. The summed E-state index contributed by atoms with van der Waals surface area (Å²) in [5.41, 5.74) is 7.30. The molecule has 0 spiro atoms. The zero-order valence-electron chi connectivity index (χ0n) is 37.8. The van der Waals surface area contributed by atoms with E-state index < -0.39 is 43.4 Å². The van der Waals surface area contributed by atoms with Crippen molar-refractivity contribution in [3.05, 3.63) is 72.4 Å². The van der Waals surface area contributed by atoms with E-state index in [9.17, 15) is 35.1 Å². The minimum atomic E-state index is -1.44. The number of rotatable bonds is 37. The Morgan fingerprint density at radius 2 is 1.31 bits per heavy atom. The van der Waals surface area contributed by atoms with Gasteiger partial charge in [0.25, 0.3) is 0 Å². The van der Waals surface area contributed by atoms with Crippen LogP contribution in [-0.4, -0.2) is 93.9 Å². The predicted octanol–water partition coefficient (Wildman–Crippen LogP) is 9.11. The van der Waals surface area contributed by atoms with Crippen LogP contribution in [-0.2, 0) is 25.6 Å². The van der Waals surface area contributed by atoms with Crippen LogP contribution in [0.15, 0.2) is 61.2 Å². The van der Waals surface area contributed by atoms with Crippen molar-refractivity contribution in [3.8, 4) is 0 Å². The number of ether oxygens (including phenoxy) is 3. The van der Waals surface area contributed by atoms with Crippen molar-refractivity contribution in [2.24, 2.45) is 5.73 Å². The normalized spacial score (nSPS) is 19.5. The number of aliphatic hydroxyl groups excluding tert-OH is 5. The molecule has 6 atom stereocenters. The summed E-state index contributed by atoms with van der Waals surface area (Å²) >= 11 is 0. The number of primary amides is 1. The lowest BCUT2D eigenvalue weighted by Crippen LogP contribution is -2.59. The molecule has 1 aromatic rings. The Bertz CT molecular complexity index is 1300. The van der Waals surface area contributed by atoms with Crippen molar-refractivity contribution in [1.29, 1.82) is 0 Å². The van der Waals surface area contributed by atoms with Crippen LogP contribution in [0.5, 0.6) is 0 Å².